The minimum atomic E-state index is -0.0267. The van der Waals surface area contributed by atoms with Gasteiger partial charge in [-0.3, -0.25) is 4.98 Å². The standard InChI is InChI=1S/C17H14ClN5/c1-11-20-17-21-15(12-2-4-14(18)5-3-12)10-16(23(17)22-11)13-6-8-19-9-7-13/h2-10,16H,1H3,(H,20,21,22). The average molecular weight is 324 g/mol. The van der Waals surface area contributed by atoms with Crippen LogP contribution in [0.4, 0.5) is 5.95 Å². The number of aromatic nitrogens is 4. The number of nitrogens with one attached hydrogen (secondary N) is 1. The number of nitrogens with zero attached hydrogens (tertiary/aromatic N) is 4. The molecule has 3 heterocycles. The molecule has 4 rings (SSSR count). The number of aryl methyl sites for hydroxylation is 1. The first-order valence-corrected chi connectivity index (χ1v) is 7.66. The smallest absolute Gasteiger partial charge is 0.226 e. The zero-order chi connectivity index (χ0) is 15.8. The zero-order valence-corrected chi connectivity index (χ0v) is 13.2. The molecule has 0 spiro atoms. The molecule has 0 radical (unpaired) electrons. The van der Waals surface area contributed by atoms with E-state index < -0.39 is 0 Å². The van der Waals surface area contributed by atoms with Crippen molar-refractivity contribution in [3.8, 4) is 0 Å². The van der Waals surface area contributed by atoms with Crippen LogP contribution in [-0.4, -0.2) is 19.7 Å². The van der Waals surface area contributed by atoms with Gasteiger partial charge >= 0.3 is 0 Å². The summed E-state index contributed by atoms with van der Waals surface area (Å²) >= 11 is 5.99. The highest BCUT2D eigenvalue weighted by molar-refractivity contribution is 6.30. The monoisotopic (exact) mass is 323 g/mol. The number of anilines is 1. The van der Waals surface area contributed by atoms with E-state index >= 15 is 0 Å². The van der Waals surface area contributed by atoms with Gasteiger partial charge in [-0.25, -0.2) is 4.68 Å². The summed E-state index contributed by atoms with van der Waals surface area (Å²) < 4.78 is 1.89. The van der Waals surface area contributed by atoms with Gasteiger partial charge in [0, 0.05) is 23.1 Å². The number of hydrogen-bond donors (Lipinski definition) is 1. The third kappa shape index (κ3) is 2.59. The summed E-state index contributed by atoms with van der Waals surface area (Å²) in [6.07, 6.45) is 5.72. The maximum Gasteiger partial charge on any atom is 0.226 e. The van der Waals surface area contributed by atoms with Gasteiger partial charge in [0.1, 0.15) is 11.9 Å². The Morgan fingerprint density at radius 1 is 1.09 bits per heavy atom. The quantitative estimate of drug-likeness (QED) is 0.781. The Balaban J connectivity index is 1.82. The van der Waals surface area contributed by atoms with E-state index in [4.69, 9.17) is 11.6 Å². The molecule has 1 N–H and O–H groups in total. The molecule has 3 aromatic rings. The highest BCUT2D eigenvalue weighted by atomic mass is 35.5. The molecule has 1 aliphatic rings. The minimum absolute atomic E-state index is 0.0267. The SMILES string of the molecule is Cc1nc2n(n1)C(c1ccncc1)C=C(c1ccc(Cl)cc1)N2. The first-order chi connectivity index (χ1) is 11.2. The van der Waals surface area contributed by atoms with Crippen LogP contribution in [0.15, 0.2) is 54.9 Å². The van der Waals surface area contributed by atoms with Gasteiger partial charge < -0.3 is 5.32 Å². The van der Waals surface area contributed by atoms with Gasteiger partial charge in [0.15, 0.2) is 0 Å². The molecule has 114 valence electrons. The molecule has 1 aliphatic heterocycles. The molecular formula is C17H14ClN5. The molecule has 5 nitrogen and oxygen atoms in total. The van der Waals surface area contributed by atoms with E-state index in [-0.39, 0.29) is 6.04 Å². The van der Waals surface area contributed by atoms with Gasteiger partial charge in [-0.2, -0.15) is 10.1 Å². The van der Waals surface area contributed by atoms with Crippen LogP contribution in [0.2, 0.25) is 5.02 Å². The summed E-state index contributed by atoms with van der Waals surface area (Å²) in [4.78, 5) is 8.57. The minimum Gasteiger partial charge on any atom is -0.324 e. The number of hydrogen-bond acceptors (Lipinski definition) is 4. The number of fused-ring (bicyclic) bond motifs is 1. The van der Waals surface area contributed by atoms with Crippen LogP contribution in [0.25, 0.3) is 5.70 Å². The highest BCUT2D eigenvalue weighted by Crippen LogP contribution is 2.32. The number of rotatable bonds is 2. The van der Waals surface area contributed by atoms with Crippen LogP contribution in [0.5, 0.6) is 0 Å². The molecule has 1 atom stereocenters. The van der Waals surface area contributed by atoms with Gasteiger partial charge in [-0.15, -0.1) is 0 Å². The van der Waals surface area contributed by atoms with E-state index in [0.29, 0.717) is 0 Å². The number of halogens is 1. The summed E-state index contributed by atoms with van der Waals surface area (Å²) in [5.41, 5.74) is 3.16. The predicted octanol–water partition coefficient (Wildman–Crippen LogP) is 3.69. The van der Waals surface area contributed by atoms with Gasteiger partial charge in [0.2, 0.25) is 5.95 Å². The molecule has 23 heavy (non-hydrogen) atoms. The molecular weight excluding hydrogens is 310 g/mol. The van der Waals surface area contributed by atoms with E-state index in [1.54, 1.807) is 12.4 Å². The molecule has 1 aromatic carbocycles. The van der Waals surface area contributed by atoms with Crippen LogP contribution < -0.4 is 5.32 Å². The summed E-state index contributed by atoms with van der Waals surface area (Å²) in [5, 5.41) is 8.57. The van der Waals surface area contributed by atoms with E-state index in [1.165, 1.54) is 0 Å². The van der Waals surface area contributed by atoms with Crippen LogP contribution >= 0.6 is 11.6 Å². The second kappa shape index (κ2) is 5.52. The van der Waals surface area contributed by atoms with E-state index in [9.17, 15) is 0 Å². The van der Waals surface area contributed by atoms with E-state index in [0.717, 1.165) is 33.6 Å². The number of pyridine rings is 1. The second-order valence-corrected chi connectivity index (χ2v) is 5.80. The van der Waals surface area contributed by atoms with Gasteiger partial charge in [-0.1, -0.05) is 23.7 Å². The lowest BCUT2D eigenvalue weighted by Crippen LogP contribution is -2.20. The zero-order valence-electron chi connectivity index (χ0n) is 12.4. The Hall–Kier alpha value is -2.66. The lowest BCUT2D eigenvalue weighted by atomic mass is 10.0. The van der Waals surface area contributed by atoms with Crippen molar-refractivity contribution in [3.05, 3.63) is 76.8 Å². The van der Waals surface area contributed by atoms with Crippen molar-refractivity contribution in [1.29, 1.82) is 0 Å². The van der Waals surface area contributed by atoms with E-state index in [1.807, 2.05) is 48.0 Å². The fourth-order valence-corrected chi connectivity index (χ4v) is 2.82. The normalized spacial score (nSPS) is 16.4. The third-order valence-corrected chi connectivity index (χ3v) is 4.03. The van der Waals surface area contributed by atoms with E-state index in [2.05, 4.69) is 26.5 Å². The molecule has 6 heteroatoms. The van der Waals surface area contributed by atoms with Crippen LogP contribution in [0.1, 0.15) is 23.0 Å². The summed E-state index contributed by atoms with van der Waals surface area (Å²) in [6, 6.07) is 11.7. The number of benzene rings is 1. The van der Waals surface area contributed by atoms with Crippen molar-refractivity contribution in [2.75, 3.05) is 5.32 Å². The van der Waals surface area contributed by atoms with Crippen molar-refractivity contribution in [2.24, 2.45) is 0 Å². The molecule has 1 unspecified atom stereocenters. The predicted molar refractivity (Wildman–Crippen MR) is 90.2 cm³/mol. The van der Waals surface area contributed by atoms with Crippen molar-refractivity contribution in [1.82, 2.24) is 19.7 Å². The molecule has 0 saturated heterocycles. The summed E-state index contributed by atoms with van der Waals surface area (Å²) in [6.45, 7) is 1.89. The van der Waals surface area contributed by atoms with Gasteiger partial charge in [-0.05, 0) is 48.4 Å². The molecule has 0 bridgehead atoms. The Morgan fingerprint density at radius 2 is 1.83 bits per heavy atom. The summed E-state index contributed by atoms with van der Waals surface area (Å²) in [5.74, 6) is 1.47. The fourth-order valence-electron chi connectivity index (χ4n) is 2.70. The fraction of sp³-hybridized carbons (Fsp3) is 0.118. The molecule has 0 saturated carbocycles. The van der Waals surface area contributed by atoms with Crippen molar-refractivity contribution in [2.45, 2.75) is 13.0 Å². The lowest BCUT2D eigenvalue weighted by Gasteiger charge is -2.24. The van der Waals surface area contributed by atoms with Crippen molar-refractivity contribution in [3.63, 3.8) is 0 Å². The van der Waals surface area contributed by atoms with Gasteiger partial charge in [0.05, 0.1) is 0 Å². The summed E-state index contributed by atoms with van der Waals surface area (Å²) in [7, 11) is 0. The number of allylic oxidation sites excluding steroid dienone is 1. The molecule has 0 aliphatic carbocycles. The van der Waals surface area contributed by atoms with Crippen LogP contribution in [-0.2, 0) is 0 Å². The highest BCUT2D eigenvalue weighted by Gasteiger charge is 2.24. The lowest BCUT2D eigenvalue weighted by molar-refractivity contribution is 0.607. The first-order valence-electron chi connectivity index (χ1n) is 7.28. The van der Waals surface area contributed by atoms with Crippen molar-refractivity contribution >= 4 is 23.2 Å². The first kappa shape index (κ1) is 14.0. The third-order valence-electron chi connectivity index (χ3n) is 3.77. The average Bonchev–Trinajstić information content (AvgIpc) is 2.95. The van der Waals surface area contributed by atoms with Crippen LogP contribution in [0, 0.1) is 6.92 Å². The van der Waals surface area contributed by atoms with Crippen LogP contribution in [0.3, 0.4) is 0 Å². The topological polar surface area (TPSA) is 55.6 Å². The molecule has 0 fully saturated rings. The maximum atomic E-state index is 5.99. The molecule has 2 aromatic heterocycles. The maximum absolute atomic E-state index is 5.99. The van der Waals surface area contributed by atoms with Gasteiger partial charge in [0.25, 0.3) is 0 Å². The molecule has 0 amide bonds. The Kier molecular flexibility index (Phi) is 3.35. The Labute approximate surface area is 138 Å². The Bertz CT molecular complexity index is 868. The Morgan fingerprint density at radius 3 is 2.57 bits per heavy atom. The second-order valence-electron chi connectivity index (χ2n) is 5.36. The van der Waals surface area contributed by atoms with Crippen molar-refractivity contribution < 1.29 is 0 Å². The largest absolute Gasteiger partial charge is 0.324 e.